The molecule has 100 valence electrons. The molecule has 0 saturated carbocycles. The number of sulfonamides is 1. The van der Waals surface area contributed by atoms with Crippen LogP contribution in [-0.4, -0.2) is 20.2 Å². The molecular formula is C12H24N2O2S. The number of nitrogens with zero attached hydrogens (tertiary/aromatic N) is 1. The monoisotopic (exact) mass is 260 g/mol. The molecule has 0 heterocycles. The molecule has 0 aromatic rings. The van der Waals surface area contributed by atoms with E-state index in [1.807, 2.05) is 6.07 Å². The molecule has 0 radical (unpaired) electrons. The van der Waals surface area contributed by atoms with E-state index < -0.39 is 15.3 Å². The Kier molecular flexibility index (Phi) is 9.10. The van der Waals surface area contributed by atoms with Gasteiger partial charge in [0.25, 0.3) is 0 Å². The van der Waals surface area contributed by atoms with Gasteiger partial charge >= 0.3 is 0 Å². The zero-order valence-corrected chi connectivity index (χ0v) is 11.7. The van der Waals surface area contributed by atoms with Crippen molar-refractivity contribution < 1.29 is 8.42 Å². The zero-order chi connectivity index (χ0) is 13.1. The summed E-state index contributed by atoms with van der Waals surface area (Å²) in [6, 6.07) is 1.88. The minimum atomic E-state index is -3.43. The molecule has 5 heteroatoms. The molecule has 0 aromatic carbocycles. The molecule has 0 aromatic heterocycles. The van der Waals surface area contributed by atoms with Gasteiger partial charge in [-0.3, -0.25) is 0 Å². The SMILES string of the molecule is CCCCCCCCC(C#N)S(=O)(=O)NCC. The Bertz CT molecular complexity index is 320. The molecule has 0 aliphatic heterocycles. The van der Waals surface area contributed by atoms with Crippen molar-refractivity contribution in [2.75, 3.05) is 6.54 Å². The Balaban J connectivity index is 3.88. The highest BCUT2D eigenvalue weighted by molar-refractivity contribution is 7.90. The van der Waals surface area contributed by atoms with Gasteiger partial charge in [-0.2, -0.15) is 5.26 Å². The molecule has 17 heavy (non-hydrogen) atoms. The number of hydrogen-bond donors (Lipinski definition) is 1. The Morgan fingerprint density at radius 1 is 1.12 bits per heavy atom. The Hall–Kier alpha value is -0.600. The molecule has 0 aliphatic rings. The molecule has 4 nitrogen and oxygen atoms in total. The van der Waals surface area contributed by atoms with Crippen LogP contribution in [0, 0.1) is 11.3 Å². The third kappa shape index (κ3) is 7.35. The molecule has 1 unspecified atom stereocenters. The number of nitriles is 1. The minimum absolute atomic E-state index is 0.344. The average molecular weight is 260 g/mol. The summed E-state index contributed by atoms with van der Waals surface area (Å²) >= 11 is 0. The van der Waals surface area contributed by atoms with E-state index in [2.05, 4.69) is 11.6 Å². The topological polar surface area (TPSA) is 70.0 Å². The van der Waals surface area contributed by atoms with Gasteiger partial charge in [0.2, 0.25) is 10.0 Å². The molecule has 0 saturated heterocycles. The number of unbranched alkanes of at least 4 members (excludes halogenated alkanes) is 5. The van der Waals surface area contributed by atoms with Crippen molar-refractivity contribution in [1.29, 1.82) is 5.26 Å². The van der Waals surface area contributed by atoms with Crippen molar-refractivity contribution in [3.05, 3.63) is 0 Å². The Morgan fingerprint density at radius 3 is 2.24 bits per heavy atom. The van der Waals surface area contributed by atoms with Crippen molar-refractivity contribution in [2.45, 2.75) is 64.0 Å². The predicted octanol–water partition coefficient (Wildman–Crippen LogP) is 2.57. The molecule has 0 bridgehead atoms. The van der Waals surface area contributed by atoms with Crippen molar-refractivity contribution in [3.63, 3.8) is 0 Å². The van der Waals surface area contributed by atoms with Gasteiger partial charge in [-0.1, -0.05) is 52.4 Å². The molecule has 0 spiro atoms. The first-order valence-corrected chi connectivity index (χ1v) is 8.01. The van der Waals surface area contributed by atoms with E-state index in [-0.39, 0.29) is 0 Å². The van der Waals surface area contributed by atoms with Crippen LogP contribution in [-0.2, 0) is 10.0 Å². The van der Waals surface area contributed by atoms with Gasteiger partial charge in [-0.05, 0) is 6.42 Å². The summed E-state index contributed by atoms with van der Waals surface area (Å²) in [7, 11) is -3.43. The lowest BCUT2D eigenvalue weighted by Gasteiger charge is -2.10. The number of nitrogens with one attached hydrogen (secondary N) is 1. The van der Waals surface area contributed by atoms with Crippen LogP contribution in [0.3, 0.4) is 0 Å². The lowest BCUT2D eigenvalue weighted by molar-refractivity contribution is 0.557. The van der Waals surface area contributed by atoms with E-state index in [9.17, 15) is 8.42 Å². The van der Waals surface area contributed by atoms with Crippen molar-refractivity contribution >= 4 is 10.0 Å². The van der Waals surface area contributed by atoms with Crippen LogP contribution in [0.1, 0.15) is 58.8 Å². The predicted molar refractivity (Wildman–Crippen MR) is 70.0 cm³/mol. The second kappa shape index (κ2) is 9.43. The van der Waals surface area contributed by atoms with Gasteiger partial charge in [0.1, 0.15) is 0 Å². The highest BCUT2D eigenvalue weighted by atomic mass is 32.2. The average Bonchev–Trinajstić information content (AvgIpc) is 2.27. The van der Waals surface area contributed by atoms with Crippen molar-refractivity contribution in [3.8, 4) is 6.07 Å². The van der Waals surface area contributed by atoms with Crippen LogP contribution >= 0.6 is 0 Å². The first kappa shape index (κ1) is 16.4. The van der Waals surface area contributed by atoms with E-state index >= 15 is 0 Å². The summed E-state index contributed by atoms with van der Waals surface area (Å²) in [4.78, 5) is 0. The first-order chi connectivity index (χ1) is 8.08. The largest absolute Gasteiger partial charge is 0.227 e. The molecule has 0 rings (SSSR count). The van der Waals surface area contributed by atoms with E-state index in [1.165, 1.54) is 19.3 Å². The van der Waals surface area contributed by atoms with E-state index in [4.69, 9.17) is 5.26 Å². The second-order valence-electron chi connectivity index (χ2n) is 4.22. The van der Waals surface area contributed by atoms with Gasteiger partial charge in [0.15, 0.2) is 5.25 Å². The molecule has 0 aliphatic carbocycles. The van der Waals surface area contributed by atoms with E-state index in [0.29, 0.717) is 13.0 Å². The van der Waals surface area contributed by atoms with Crippen LogP contribution in [0.25, 0.3) is 0 Å². The van der Waals surface area contributed by atoms with Gasteiger partial charge < -0.3 is 0 Å². The molecule has 0 amide bonds. The summed E-state index contributed by atoms with van der Waals surface area (Å²) in [6.45, 7) is 4.22. The second-order valence-corrected chi connectivity index (χ2v) is 6.16. The summed E-state index contributed by atoms with van der Waals surface area (Å²) in [5, 5.41) is 7.97. The third-order valence-corrected chi connectivity index (χ3v) is 4.47. The van der Waals surface area contributed by atoms with Crippen LogP contribution < -0.4 is 4.72 Å². The minimum Gasteiger partial charge on any atom is -0.214 e. The maximum atomic E-state index is 11.6. The van der Waals surface area contributed by atoms with Crippen molar-refractivity contribution in [1.82, 2.24) is 4.72 Å². The summed E-state index contributed by atoms with van der Waals surface area (Å²) in [6.07, 6.45) is 7.04. The normalized spacial score (nSPS) is 13.2. The highest BCUT2D eigenvalue weighted by Crippen LogP contribution is 2.12. The maximum Gasteiger partial charge on any atom is 0.227 e. The Morgan fingerprint density at radius 2 is 1.71 bits per heavy atom. The third-order valence-electron chi connectivity index (χ3n) is 2.68. The van der Waals surface area contributed by atoms with Gasteiger partial charge in [-0.25, -0.2) is 13.1 Å². The number of hydrogen-bond acceptors (Lipinski definition) is 3. The van der Waals surface area contributed by atoms with E-state index in [1.54, 1.807) is 6.92 Å². The fourth-order valence-corrected chi connectivity index (χ4v) is 2.92. The molecular weight excluding hydrogens is 236 g/mol. The smallest absolute Gasteiger partial charge is 0.214 e. The summed E-state index contributed by atoms with van der Waals surface area (Å²) < 4.78 is 25.6. The summed E-state index contributed by atoms with van der Waals surface area (Å²) in [5.74, 6) is 0. The van der Waals surface area contributed by atoms with E-state index in [0.717, 1.165) is 19.3 Å². The lowest BCUT2D eigenvalue weighted by atomic mass is 10.1. The lowest BCUT2D eigenvalue weighted by Crippen LogP contribution is -2.33. The van der Waals surface area contributed by atoms with Crippen LogP contribution in [0.5, 0.6) is 0 Å². The van der Waals surface area contributed by atoms with Gasteiger partial charge in [0.05, 0.1) is 6.07 Å². The Labute approximate surface area is 105 Å². The van der Waals surface area contributed by atoms with Crippen LogP contribution in [0.15, 0.2) is 0 Å². The van der Waals surface area contributed by atoms with Gasteiger partial charge in [0, 0.05) is 6.54 Å². The quantitative estimate of drug-likeness (QED) is 0.614. The first-order valence-electron chi connectivity index (χ1n) is 6.46. The summed E-state index contributed by atoms with van der Waals surface area (Å²) in [5.41, 5.74) is 0. The van der Waals surface area contributed by atoms with Crippen molar-refractivity contribution in [2.24, 2.45) is 0 Å². The molecule has 0 fully saturated rings. The standard InChI is InChI=1S/C12H24N2O2S/c1-3-5-6-7-8-9-10-12(11-13)17(15,16)14-4-2/h12,14H,3-10H2,1-2H3. The van der Waals surface area contributed by atoms with Crippen LogP contribution in [0.2, 0.25) is 0 Å². The van der Waals surface area contributed by atoms with Crippen LogP contribution in [0.4, 0.5) is 0 Å². The highest BCUT2D eigenvalue weighted by Gasteiger charge is 2.23. The fraction of sp³-hybridized carbons (Fsp3) is 0.917. The zero-order valence-electron chi connectivity index (χ0n) is 10.9. The maximum absolute atomic E-state index is 11.6. The fourth-order valence-electron chi connectivity index (χ4n) is 1.70. The van der Waals surface area contributed by atoms with Gasteiger partial charge in [-0.15, -0.1) is 0 Å². The molecule has 1 atom stereocenters. The number of rotatable bonds is 10. The molecule has 1 N–H and O–H groups in total.